The molecule has 1 saturated heterocycles. The van der Waals surface area contributed by atoms with Gasteiger partial charge in [0.15, 0.2) is 0 Å². The van der Waals surface area contributed by atoms with Crippen LogP contribution in [-0.4, -0.2) is 11.8 Å². The molecule has 154 valence electrons. The largest absolute Gasteiger partial charge is 0.274 e. The Balaban J connectivity index is 1.69. The molecule has 1 fully saturated rings. The summed E-state index contributed by atoms with van der Waals surface area (Å²) in [4.78, 5) is 29.2. The molecule has 0 bridgehead atoms. The summed E-state index contributed by atoms with van der Waals surface area (Å²) in [5.74, 6) is -1.22. The lowest BCUT2D eigenvalue weighted by Crippen LogP contribution is -2.42. The maximum absolute atomic E-state index is 14.0. The van der Waals surface area contributed by atoms with Crippen molar-refractivity contribution in [1.82, 2.24) is 0 Å². The second-order valence-electron chi connectivity index (χ2n) is 8.43. The maximum Gasteiger partial charge on any atom is 0.241 e. The van der Waals surface area contributed by atoms with E-state index in [4.69, 9.17) is 11.6 Å². The minimum Gasteiger partial charge on any atom is -0.274 e. The fourth-order valence-electron chi connectivity index (χ4n) is 5.22. The average molecular weight is 428 g/mol. The van der Waals surface area contributed by atoms with Gasteiger partial charge < -0.3 is 0 Å². The standard InChI is InChI=1S/C27H22ClNO2/c1-27-23(19-11-6-3-7-12-19)16-15-22(18-9-4-2-5-10-18)24(27)25(30)29(26(27)31)21-14-8-13-20(28)17-21/h2-17,22-24H,1H3/t22-,23-,24-,27+/m1/s1. The number of hydrogen-bond acceptors (Lipinski definition) is 2. The Bertz CT molecular complexity index is 1170. The topological polar surface area (TPSA) is 37.4 Å². The lowest BCUT2D eigenvalue weighted by molar-refractivity contribution is -0.127. The number of hydrogen-bond donors (Lipinski definition) is 0. The summed E-state index contributed by atoms with van der Waals surface area (Å²) in [5, 5.41) is 0.496. The second-order valence-corrected chi connectivity index (χ2v) is 8.87. The highest BCUT2D eigenvalue weighted by Crippen LogP contribution is 2.57. The Morgan fingerprint density at radius 1 is 0.806 bits per heavy atom. The zero-order valence-electron chi connectivity index (χ0n) is 17.1. The normalized spacial score (nSPS) is 27.4. The first-order valence-electron chi connectivity index (χ1n) is 10.4. The third-order valence-corrected chi connectivity index (χ3v) is 6.96. The van der Waals surface area contributed by atoms with Gasteiger partial charge in [0.1, 0.15) is 0 Å². The molecular formula is C27H22ClNO2. The fourth-order valence-corrected chi connectivity index (χ4v) is 5.41. The van der Waals surface area contributed by atoms with Crippen molar-refractivity contribution >= 4 is 29.1 Å². The molecule has 1 aliphatic carbocycles. The van der Waals surface area contributed by atoms with Crippen LogP contribution in [-0.2, 0) is 9.59 Å². The monoisotopic (exact) mass is 427 g/mol. The third-order valence-electron chi connectivity index (χ3n) is 6.72. The Hall–Kier alpha value is -3.17. The van der Waals surface area contributed by atoms with Crippen molar-refractivity contribution < 1.29 is 9.59 Å². The number of carbonyl (C=O) groups excluding carboxylic acids is 2. The van der Waals surface area contributed by atoms with Crippen molar-refractivity contribution in [3.8, 4) is 0 Å². The van der Waals surface area contributed by atoms with Gasteiger partial charge in [0, 0.05) is 16.9 Å². The predicted molar refractivity (Wildman–Crippen MR) is 123 cm³/mol. The van der Waals surface area contributed by atoms with E-state index >= 15 is 0 Å². The van der Waals surface area contributed by atoms with Gasteiger partial charge in [-0.2, -0.15) is 0 Å². The van der Waals surface area contributed by atoms with Gasteiger partial charge in [-0.3, -0.25) is 9.59 Å². The van der Waals surface area contributed by atoms with Crippen LogP contribution < -0.4 is 4.90 Å². The van der Waals surface area contributed by atoms with Crippen LogP contribution in [0.25, 0.3) is 0 Å². The first kappa shape index (κ1) is 19.8. The molecule has 2 amide bonds. The van der Waals surface area contributed by atoms with E-state index in [2.05, 4.69) is 12.2 Å². The first-order chi connectivity index (χ1) is 15.0. The molecule has 0 spiro atoms. The third kappa shape index (κ3) is 3.03. The summed E-state index contributed by atoms with van der Waals surface area (Å²) < 4.78 is 0. The van der Waals surface area contributed by atoms with Crippen LogP contribution in [0, 0.1) is 11.3 Å². The summed E-state index contributed by atoms with van der Waals surface area (Å²) in [6.07, 6.45) is 4.21. The van der Waals surface area contributed by atoms with E-state index in [1.165, 1.54) is 4.90 Å². The van der Waals surface area contributed by atoms with Crippen molar-refractivity contribution in [3.05, 3.63) is 113 Å². The van der Waals surface area contributed by atoms with Crippen LogP contribution in [0.2, 0.25) is 5.02 Å². The summed E-state index contributed by atoms with van der Waals surface area (Å²) in [5.41, 5.74) is 1.69. The van der Waals surface area contributed by atoms with Crippen molar-refractivity contribution in [2.24, 2.45) is 11.3 Å². The van der Waals surface area contributed by atoms with Crippen molar-refractivity contribution in [3.63, 3.8) is 0 Å². The Morgan fingerprint density at radius 2 is 1.45 bits per heavy atom. The molecule has 0 unspecified atom stereocenters. The molecule has 0 radical (unpaired) electrons. The van der Waals surface area contributed by atoms with Crippen molar-refractivity contribution in [2.45, 2.75) is 18.8 Å². The van der Waals surface area contributed by atoms with E-state index in [0.29, 0.717) is 10.7 Å². The molecule has 4 heteroatoms. The Morgan fingerprint density at radius 3 is 2.10 bits per heavy atom. The van der Waals surface area contributed by atoms with Crippen LogP contribution in [0.3, 0.4) is 0 Å². The maximum atomic E-state index is 14.0. The van der Waals surface area contributed by atoms with E-state index in [-0.39, 0.29) is 23.7 Å². The lowest BCUT2D eigenvalue weighted by Gasteiger charge is -2.41. The molecule has 4 atom stereocenters. The molecule has 0 N–H and O–H groups in total. The number of carbonyl (C=O) groups is 2. The van der Waals surface area contributed by atoms with Gasteiger partial charge in [0.25, 0.3) is 0 Å². The number of nitrogens with zero attached hydrogens (tertiary/aromatic N) is 1. The highest BCUT2D eigenvalue weighted by Gasteiger charge is 2.63. The number of amides is 2. The Kier molecular flexibility index (Phi) is 4.79. The fraction of sp³-hybridized carbons (Fsp3) is 0.185. The molecule has 0 saturated carbocycles. The van der Waals surface area contributed by atoms with E-state index in [9.17, 15) is 9.59 Å². The van der Waals surface area contributed by atoms with Gasteiger partial charge in [0.2, 0.25) is 11.8 Å². The summed E-state index contributed by atoms with van der Waals surface area (Å²) in [6.45, 7) is 1.94. The zero-order valence-corrected chi connectivity index (χ0v) is 17.9. The lowest BCUT2D eigenvalue weighted by atomic mass is 9.58. The quantitative estimate of drug-likeness (QED) is 0.381. The minimum absolute atomic E-state index is 0.172. The summed E-state index contributed by atoms with van der Waals surface area (Å²) >= 11 is 6.19. The number of allylic oxidation sites excluding steroid dienone is 2. The smallest absolute Gasteiger partial charge is 0.241 e. The molecule has 3 aromatic carbocycles. The van der Waals surface area contributed by atoms with E-state index in [1.807, 2.05) is 67.6 Å². The highest BCUT2D eigenvalue weighted by molar-refractivity contribution is 6.31. The number of anilines is 1. The van der Waals surface area contributed by atoms with Gasteiger partial charge >= 0.3 is 0 Å². The van der Waals surface area contributed by atoms with E-state index in [1.54, 1.807) is 24.3 Å². The molecule has 1 heterocycles. The molecule has 1 aliphatic heterocycles. The number of rotatable bonds is 3. The van der Waals surface area contributed by atoms with Crippen molar-refractivity contribution in [2.75, 3.05) is 4.90 Å². The molecule has 0 aromatic heterocycles. The van der Waals surface area contributed by atoms with Crippen LogP contribution in [0.15, 0.2) is 97.1 Å². The van der Waals surface area contributed by atoms with Crippen LogP contribution in [0.5, 0.6) is 0 Å². The van der Waals surface area contributed by atoms with Crippen LogP contribution in [0.4, 0.5) is 5.69 Å². The van der Waals surface area contributed by atoms with Gasteiger partial charge in [0.05, 0.1) is 17.0 Å². The van der Waals surface area contributed by atoms with E-state index in [0.717, 1.165) is 11.1 Å². The van der Waals surface area contributed by atoms with E-state index < -0.39 is 11.3 Å². The van der Waals surface area contributed by atoms with Crippen LogP contribution >= 0.6 is 11.6 Å². The molecule has 5 rings (SSSR count). The van der Waals surface area contributed by atoms with Crippen LogP contribution in [0.1, 0.15) is 29.9 Å². The minimum atomic E-state index is -0.907. The molecule has 3 nitrogen and oxygen atoms in total. The predicted octanol–water partition coefficient (Wildman–Crippen LogP) is 5.97. The molecule has 31 heavy (non-hydrogen) atoms. The summed E-state index contributed by atoms with van der Waals surface area (Å²) in [7, 11) is 0. The highest BCUT2D eigenvalue weighted by atomic mass is 35.5. The van der Waals surface area contributed by atoms with Gasteiger partial charge in [-0.05, 0) is 36.2 Å². The van der Waals surface area contributed by atoms with Gasteiger partial charge in [-0.25, -0.2) is 4.90 Å². The number of imide groups is 1. The number of benzene rings is 3. The zero-order chi connectivity index (χ0) is 21.6. The summed E-state index contributed by atoms with van der Waals surface area (Å²) in [6, 6.07) is 26.9. The number of fused-ring (bicyclic) bond motifs is 1. The molecule has 2 aliphatic rings. The second kappa shape index (κ2) is 7.51. The average Bonchev–Trinajstić information content (AvgIpc) is 3.00. The first-order valence-corrected chi connectivity index (χ1v) is 10.8. The van der Waals surface area contributed by atoms with Gasteiger partial charge in [-0.15, -0.1) is 0 Å². The van der Waals surface area contributed by atoms with Gasteiger partial charge in [-0.1, -0.05) is 90.5 Å². The SMILES string of the molecule is C[C@@]12C(=O)N(c3cccc(Cl)c3)C(=O)[C@H]1[C@@H](c1ccccc1)C=C[C@@H]2c1ccccc1. The Labute approximate surface area is 187 Å². The van der Waals surface area contributed by atoms with Crippen molar-refractivity contribution in [1.29, 1.82) is 0 Å². The number of halogens is 1. The molecular weight excluding hydrogens is 406 g/mol. The molecule has 3 aromatic rings.